The number of hydrogen-bond acceptors (Lipinski definition) is 14. The average Bonchev–Trinajstić information content (AvgIpc) is 3.92. The summed E-state index contributed by atoms with van der Waals surface area (Å²) in [5.41, 5.74) is 5.01. The van der Waals surface area contributed by atoms with Gasteiger partial charge in [0, 0.05) is 80.2 Å². The summed E-state index contributed by atoms with van der Waals surface area (Å²) in [6.07, 6.45) is 9.18. The largest absolute Gasteiger partial charge is 0.459 e. The van der Waals surface area contributed by atoms with E-state index in [0.29, 0.717) is 38.0 Å². The van der Waals surface area contributed by atoms with Crippen molar-refractivity contribution in [1.29, 1.82) is 0 Å². The molecule has 75 heavy (non-hydrogen) atoms. The zero-order valence-corrected chi connectivity index (χ0v) is 49.3. The minimum absolute atomic E-state index is 0.0173. The first-order valence-corrected chi connectivity index (χ1v) is 29.5. The Kier molecular flexibility index (Phi) is 23.3. The topological polar surface area (TPSA) is 186 Å². The van der Waals surface area contributed by atoms with Gasteiger partial charge in [0.1, 0.15) is 36.7 Å². The van der Waals surface area contributed by atoms with Crippen molar-refractivity contribution in [3.8, 4) is 0 Å². The van der Waals surface area contributed by atoms with Gasteiger partial charge in [0.25, 0.3) is 0 Å². The third-order valence-corrected chi connectivity index (χ3v) is 20.0. The molecule has 430 valence electrons. The summed E-state index contributed by atoms with van der Waals surface area (Å²) >= 11 is 0. The van der Waals surface area contributed by atoms with Crippen molar-refractivity contribution in [2.45, 2.75) is 229 Å². The molecule has 4 aliphatic rings. The molecule has 1 saturated carbocycles. The van der Waals surface area contributed by atoms with E-state index in [1.807, 2.05) is 65.9 Å². The first kappa shape index (κ1) is 63.3. The van der Waals surface area contributed by atoms with Crippen LogP contribution >= 0.6 is 0 Å². The minimum atomic E-state index is -1.73. The summed E-state index contributed by atoms with van der Waals surface area (Å²) < 4.78 is 59.3. The van der Waals surface area contributed by atoms with Crippen LogP contribution in [0, 0.1) is 35.0 Å². The van der Waals surface area contributed by atoms with Gasteiger partial charge in [-0.1, -0.05) is 78.7 Å². The van der Waals surface area contributed by atoms with E-state index in [1.165, 1.54) is 0 Å². The lowest BCUT2D eigenvalue weighted by atomic mass is 9.61. The molecule has 6 N–H and O–H groups in total. The Bertz CT molecular complexity index is 2020. The number of nitrogens with zero attached hydrogens (tertiary/aromatic N) is 2. The van der Waals surface area contributed by atoms with E-state index >= 15 is 0 Å². The van der Waals surface area contributed by atoms with Crippen molar-refractivity contribution in [3.63, 3.8) is 0 Å². The Hall–Kier alpha value is -2.51. The lowest BCUT2D eigenvalue weighted by Crippen LogP contribution is -2.60. The number of nitrogens with two attached hydrogens (primary N) is 1. The number of methoxy groups -OCH3 is 2. The molecule has 5 rings (SSSR count). The summed E-state index contributed by atoms with van der Waals surface area (Å²) in [4.78, 5) is 19.9. The third kappa shape index (κ3) is 15.7. The maximum atomic E-state index is 14.7. The van der Waals surface area contributed by atoms with Gasteiger partial charge in [0.05, 0.1) is 52.8 Å². The number of carbonyl (C=O) groups is 1. The fourth-order valence-electron chi connectivity index (χ4n) is 13.5. The number of carbonyl (C=O) groups excluding carboxylic acids is 1. The van der Waals surface area contributed by atoms with Crippen molar-refractivity contribution < 1.29 is 52.4 Å². The smallest absolute Gasteiger partial charge is 0.309 e. The SMILES string of the molecule is CC[C@H]1OC(=O)[C@H](C)[C@@H](C2C[C@@](C)(OC)[C@@H](O)[C@H](C)O2)[C@H](C)C(/C=C/C2CC(N(C)CC/C(N)=C/N[C@H](CF)[C@H](OC)c3ccc(S(=O)C4CCCC4)cc3)C[C@@H](C)O2)C(C)(C)C[C@@H](C)CN(C)C(C)[C@@H](O)[C@]1(C)O. The summed E-state index contributed by atoms with van der Waals surface area (Å²) in [5, 5.41) is 38.4. The second-order valence-corrected chi connectivity index (χ2v) is 26.3. The van der Waals surface area contributed by atoms with Gasteiger partial charge in [-0.3, -0.25) is 9.00 Å². The number of nitrogens with one attached hydrogen (secondary N) is 1. The lowest BCUT2D eigenvalue weighted by molar-refractivity contribution is -0.235. The van der Waals surface area contributed by atoms with Gasteiger partial charge in [-0.15, -0.1) is 0 Å². The van der Waals surface area contributed by atoms with Crippen molar-refractivity contribution >= 4 is 16.8 Å². The van der Waals surface area contributed by atoms with Crippen molar-refractivity contribution in [1.82, 2.24) is 15.1 Å². The van der Waals surface area contributed by atoms with Crippen molar-refractivity contribution in [2.75, 3.05) is 48.1 Å². The Balaban J connectivity index is 1.37. The van der Waals surface area contributed by atoms with Crippen LogP contribution < -0.4 is 11.1 Å². The average molecular weight is 1080 g/mol. The Morgan fingerprint density at radius 2 is 1.65 bits per heavy atom. The Morgan fingerprint density at radius 3 is 2.25 bits per heavy atom. The first-order chi connectivity index (χ1) is 35.2. The van der Waals surface area contributed by atoms with Gasteiger partial charge < -0.3 is 59.9 Å². The highest BCUT2D eigenvalue weighted by molar-refractivity contribution is 7.85. The van der Waals surface area contributed by atoms with Crippen LogP contribution in [-0.4, -0.2) is 161 Å². The van der Waals surface area contributed by atoms with Crippen molar-refractivity contribution in [3.05, 3.63) is 53.9 Å². The normalized spacial score (nSPS) is 38.7. The fraction of sp³-hybridized carbons (Fsp3) is 0.814. The lowest BCUT2D eigenvalue weighted by Gasteiger charge is -2.50. The number of ether oxygens (including phenoxy) is 5. The maximum Gasteiger partial charge on any atom is 0.309 e. The van der Waals surface area contributed by atoms with Gasteiger partial charge in [-0.05, 0) is 128 Å². The van der Waals surface area contributed by atoms with E-state index in [-0.39, 0.29) is 46.7 Å². The van der Waals surface area contributed by atoms with Gasteiger partial charge in [0.2, 0.25) is 0 Å². The third-order valence-electron chi connectivity index (χ3n) is 18.2. The summed E-state index contributed by atoms with van der Waals surface area (Å²) in [7, 11) is 6.21. The summed E-state index contributed by atoms with van der Waals surface area (Å²) in [6.45, 7) is 22.8. The molecule has 3 heterocycles. The van der Waals surface area contributed by atoms with Crippen LogP contribution in [0.25, 0.3) is 0 Å². The van der Waals surface area contributed by atoms with Crippen LogP contribution in [0.3, 0.4) is 0 Å². The number of esters is 1. The number of alkyl halides is 1. The molecule has 3 saturated heterocycles. The number of allylic oxidation sites excluding steroid dienone is 1. The number of halogens is 1. The second kappa shape index (κ2) is 27.6. The van der Waals surface area contributed by atoms with E-state index in [1.54, 1.807) is 27.3 Å². The molecule has 0 radical (unpaired) electrons. The molecule has 4 fully saturated rings. The van der Waals surface area contributed by atoms with E-state index in [4.69, 9.17) is 29.4 Å². The van der Waals surface area contributed by atoms with Gasteiger partial charge >= 0.3 is 5.97 Å². The number of benzene rings is 1. The monoisotopic (exact) mass is 1080 g/mol. The quantitative estimate of drug-likeness (QED) is 0.0742. The highest BCUT2D eigenvalue weighted by atomic mass is 32.2. The van der Waals surface area contributed by atoms with Gasteiger partial charge in [-0.2, -0.15) is 0 Å². The van der Waals surface area contributed by atoms with E-state index in [2.05, 4.69) is 68.9 Å². The highest BCUT2D eigenvalue weighted by Gasteiger charge is 2.53. The molecule has 16 heteroatoms. The standard InChI is InChI=1S/C59H101FN4O10S/c1-16-51-59(11,68)54(65)40(6)64(13)35-36(2)31-57(8,9)48(38(4)52(39(5)56(67)74-51)50-32-58(10,71-15)55(66)41(7)73-50)26-23-45-30-44(29-37(3)72-45)63(12)28-27-43(61)34-62-49(33-60)53(70-14)42-21-24-47(25-22-42)75(69)46-19-17-18-20-46/h21-26,34,36-41,44-46,48-55,62,65-66,68H,16-20,27-33,35,61H2,1-15H3/b26-23+,43-34-/t36-,37-,38-,39-,40?,41+,44?,45?,48?,49-,50?,51-,52+,53-,54-,55+,58-,59-,75?/m1/s1. The molecule has 19 atom stereocenters. The maximum absolute atomic E-state index is 14.7. The number of aliphatic hydroxyl groups is 3. The number of rotatable bonds is 17. The molecule has 1 aromatic rings. The summed E-state index contributed by atoms with van der Waals surface area (Å²) in [6, 6.07) is 6.63. The highest BCUT2D eigenvalue weighted by Crippen LogP contribution is 2.48. The van der Waals surface area contributed by atoms with Gasteiger partial charge in [-0.25, -0.2) is 4.39 Å². The first-order valence-electron chi connectivity index (χ1n) is 28.3. The van der Waals surface area contributed by atoms with Crippen LogP contribution in [-0.2, 0) is 39.3 Å². The molecular weight excluding hydrogens is 976 g/mol. The summed E-state index contributed by atoms with van der Waals surface area (Å²) in [5.74, 6) is -1.65. The predicted molar refractivity (Wildman–Crippen MR) is 296 cm³/mol. The zero-order valence-electron chi connectivity index (χ0n) is 48.5. The number of aliphatic hydroxyl groups excluding tert-OH is 2. The van der Waals surface area contributed by atoms with E-state index in [0.717, 1.165) is 55.4 Å². The van der Waals surface area contributed by atoms with Crippen LogP contribution in [0.2, 0.25) is 0 Å². The molecular formula is C59H101FN4O10S. The van der Waals surface area contributed by atoms with Gasteiger partial charge in [0.15, 0.2) is 0 Å². The number of hydrogen-bond donors (Lipinski definition) is 5. The molecule has 0 spiro atoms. The molecule has 6 unspecified atom stereocenters. The zero-order chi connectivity index (χ0) is 55.7. The predicted octanol–water partition coefficient (Wildman–Crippen LogP) is 8.23. The molecule has 1 aromatic carbocycles. The Labute approximate surface area is 453 Å². The minimum Gasteiger partial charge on any atom is -0.459 e. The fourth-order valence-corrected chi connectivity index (χ4v) is 15.1. The molecule has 3 aliphatic heterocycles. The van der Waals surface area contributed by atoms with Crippen LogP contribution in [0.5, 0.6) is 0 Å². The molecule has 1 aliphatic carbocycles. The van der Waals surface area contributed by atoms with Crippen LogP contribution in [0.15, 0.2) is 53.2 Å². The van der Waals surface area contributed by atoms with Crippen LogP contribution in [0.4, 0.5) is 4.39 Å². The van der Waals surface area contributed by atoms with Crippen LogP contribution in [0.1, 0.15) is 152 Å². The van der Waals surface area contributed by atoms with Crippen molar-refractivity contribution in [2.24, 2.45) is 40.7 Å². The number of cyclic esters (lactones) is 1. The van der Waals surface area contributed by atoms with E-state index in [9.17, 15) is 28.7 Å². The Morgan fingerprint density at radius 1 is 1.00 bits per heavy atom. The number of likely N-dealkylation sites (N-methyl/N-ethyl adjacent to an activating group) is 1. The second-order valence-electron chi connectivity index (χ2n) is 24.6. The molecule has 0 aromatic heterocycles. The molecule has 0 bridgehead atoms. The molecule has 14 nitrogen and oxygen atoms in total. The molecule has 0 amide bonds. The van der Waals surface area contributed by atoms with E-state index < -0.39 is 95.2 Å².